The third kappa shape index (κ3) is 13.0. The van der Waals surface area contributed by atoms with Gasteiger partial charge in [0.1, 0.15) is 0 Å². The van der Waals surface area contributed by atoms with Crippen LogP contribution in [0.1, 0.15) is 153 Å². The van der Waals surface area contributed by atoms with E-state index in [-0.39, 0.29) is 0 Å². The molecule has 0 atom stereocenters. The molecule has 0 amide bonds. The minimum absolute atomic E-state index is 1.13. The maximum absolute atomic E-state index is 3.39. The van der Waals surface area contributed by atoms with E-state index in [4.69, 9.17) is 0 Å². The maximum Gasteiger partial charge on any atom is 0.0280 e. The number of rotatable bonds is 18. The molecule has 0 radical (unpaired) electrons. The first-order valence-corrected chi connectivity index (χ1v) is 13.8. The number of unbranched alkanes of at least 4 members (excludes halogenated alkanes) is 14. The minimum Gasteiger partial charge on any atom is -0.101 e. The highest BCUT2D eigenvalue weighted by Crippen LogP contribution is 2.22. The van der Waals surface area contributed by atoms with Gasteiger partial charge in [0.25, 0.3) is 0 Å². The predicted molar refractivity (Wildman–Crippen MR) is 144 cm³/mol. The fourth-order valence-electron chi connectivity index (χ4n) is 4.50. The fourth-order valence-corrected chi connectivity index (χ4v) is 4.50. The number of benzene rings is 1. The van der Waals surface area contributed by atoms with Crippen molar-refractivity contribution in [2.75, 3.05) is 0 Å². The summed E-state index contributed by atoms with van der Waals surface area (Å²) in [5.41, 5.74) is 5.30. The van der Waals surface area contributed by atoms with Gasteiger partial charge in [-0.15, -0.1) is 11.8 Å². The average molecular weight is 435 g/mol. The Bertz CT molecular complexity index is 652. The second-order valence-electron chi connectivity index (χ2n) is 9.37. The van der Waals surface area contributed by atoms with E-state index in [2.05, 4.69) is 49.7 Å². The molecule has 0 aliphatic rings. The normalized spacial score (nSPS) is 10.4. The number of hydrogen-bond donors (Lipinski definition) is 0. The van der Waals surface area contributed by atoms with E-state index >= 15 is 0 Å². The van der Waals surface area contributed by atoms with Gasteiger partial charge in [0.05, 0.1) is 0 Å². The molecule has 0 fully saturated rings. The monoisotopic (exact) mass is 434 g/mol. The van der Waals surface area contributed by atoms with E-state index in [0.29, 0.717) is 0 Å². The Morgan fingerprint density at radius 3 is 1.09 bits per heavy atom. The van der Waals surface area contributed by atoms with Crippen LogP contribution < -0.4 is 0 Å². The van der Waals surface area contributed by atoms with Crippen LogP contribution in [-0.2, 0) is 12.8 Å². The SMILES string of the molecule is CC#Cc1cc(CCCCCCCCCC)c(C#CC)cc1CCCCCCCCCC. The lowest BCUT2D eigenvalue weighted by Gasteiger charge is -2.12. The summed E-state index contributed by atoms with van der Waals surface area (Å²) < 4.78 is 0. The van der Waals surface area contributed by atoms with E-state index < -0.39 is 0 Å². The van der Waals surface area contributed by atoms with Gasteiger partial charge in [0.15, 0.2) is 0 Å². The largest absolute Gasteiger partial charge is 0.101 e. The lowest BCUT2D eigenvalue weighted by atomic mass is 9.92. The van der Waals surface area contributed by atoms with E-state index in [1.54, 1.807) is 0 Å². The Morgan fingerprint density at radius 2 is 0.781 bits per heavy atom. The molecule has 0 N–H and O–H groups in total. The minimum atomic E-state index is 1.13. The Labute approximate surface area is 201 Å². The summed E-state index contributed by atoms with van der Waals surface area (Å²) in [7, 11) is 0. The summed E-state index contributed by atoms with van der Waals surface area (Å²) in [4.78, 5) is 0. The Hall–Kier alpha value is -1.66. The highest BCUT2D eigenvalue weighted by Gasteiger charge is 2.08. The molecule has 0 saturated heterocycles. The van der Waals surface area contributed by atoms with Gasteiger partial charge in [-0.2, -0.15) is 0 Å². The third-order valence-corrected chi connectivity index (χ3v) is 6.45. The Balaban J connectivity index is 2.59. The summed E-state index contributed by atoms with van der Waals surface area (Å²) in [6, 6.07) is 4.72. The van der Waals surface area contributed by atoms with Gasteiger partial charge in [-0.3, -0.25) is 0 Å². The Morgan fingerprint density at radius 1 is 0.469 bits per heavy atom. The number of aryl methyl sites for hydroxylation is 2. The van der Waals surface area contributed by atoms with Crippen LogP contribution in [0.3, 0.4) is 0 Å². The van der Waals surface area contributed by atoms with Crippen molar-refractivity contribution >= 4 is 0 Å². The molecule has 1 aromatic carbocycles. The summed E-state index contributed by atoms with van der Waals surface area (Å²) in [6.07, 6.45) is 24.1. The highest BCUT2D eigenvalue weighted by molar-refractivity contribution is 5.52. The van der Waals surface area contributed by atoms with Crippen molar-refractivity contribution in [1.82, 2.24) is 0 Å². The molecule has 0 aliphatic carbocycles. The highest BCUT2D eigenvalue weighted by atomic mass is 14.1. The predicted octanol–water partition coefficient (Wildman–Crippen LogP) is 9.80. The molecule has 0 aliphatic heterocycles. The van der Waals surface area contributed by atoms with Crippen molar-refractivity contribution in [2.45, 2.75) is 143 Å². The average Bonchev–Trinajstić information content (AvgIpc) is 2.79. The van der Waals surface area contributed by atoms with Gasteiger partial charge in [-0.1, -0.05) is 116 Å². The molecule has 1 rings (SSSR count). The van der Waals surface area contributed by atoms with Crippen molar-refractivity contribution in [3.05, 3.63) is 34.4 Å². The van der Waals surface area contributed by atoms with Gasteiger partial charge in [0, 0.05) is 11.1 Å². The van der Waals surface area contributed by atoms with Gasteiger partial charge in [-0.25, -0.2) is 0 Å². The van der Waals surface area contributed by atoms with E-state index in [9.17, 15) is 0 Å². The van der Waals surface area contributed by atoms with Crippen LogP contribution in [0.5, 0.6) is 0 Å². The molecule has 0 bridgehead atoms. The second-order valence-corrected chi connectivity index (χ2v) is 9.37. The topological polar surface area (TPSA) is 0 Å². The lowest BCUT2D eigenvalue weighted by Crippen LogP contribution is -1.99. The van der Waals surface area contributed by atoms with Crippen molar-refractivity contribution in [1.29, 1.82) is 0 Å². The van der Waals surface area contributed by atoms with Gasteiger partial charge >= 0.3 is 0 Å². The maximum atomic E-state index is 3.39. The lowest BCUT2D eigenvalue weighted by molar-refractivity contribution is 0.574. The molecule has 178 valence electrons. The zero-order valence-corrected chi connectivity index (χ0v) is 21.9. The van der Waals surface area contributed by atoms with Crippen LogP contribution >= 0.6 is 0 Å². The van der Waals surface area contributed by atoms with Crippen molar-refractivity contribution in [2.24, 2.45) is 0 Å². The van der Waals surface area contributed by atoms with Gasteiger partial charge in [-0.05, 0) is 62.8 Å². The van der Waals surface area contributed by atoms with Crippen LogP contribution in [0.4, 0.5) is 0 Å². The van der Waals surface area contributed by atoms with Gasteiger partial charge < -0.3 is 0 Å². The van der Waals surface area contributed by atoms with E-state index in [1.807, 2.05) is 13.8 Å². The summed E-state index contributed by atoms with van der Waals surface area (Å²) in [6.45, 7) is 8.49. The first-order chi connectivity index (χ1) is 15.8. The molecule has 1 aromatic rings. The molecule has 0 heterocycles. The van der Waals surface area contributed by atoms with E-state index in [1.165, 1.54) is 125 Å². The molecular formula is C32H50. The van der Waals surface area contributed by atoms with Crippen molar-refractivity contribution in [3.63, 3.8) is 0 Å². The molecular weight excluding hydrogens is 384 g/mol. The molecule has 0 heteroatoms. The third-order valence-electron chi connectivity index (χ3n) is 6.45. The van der Waals surface area contributed by atoms with Crippen LogP contribution in [0, 0.1) is 23.7 Å². The van der Waals surface area contributed by atoms with Crippen molar-refractivity contribution in [3.8, 4) is 23.7 Å². The van der Waals surface area contributed by atoms with E-state index in [0.717, 1.165) is 12.8 Å². The first-order valence-electron chi connectivity index (χ1n) is 13.8. The molecule has 0 aromatic heterocycles. The summed E-state index contributed by atoms with van der Waals surface area (Å²) in [5, 5.41) is 0. The zero-order chi connectivity index (χ0) is 23.3. The number of hydrogen-bond acceptors (Lipinski definition) is 0. The molecule has 32 heavy (non-hydrogen) atoms. The quantitative estimate of drug-likeness (QED) is 0.159. The summed E-state index contributed by atoms with van der Waals surface area (Å²) >= 11 is 0. The van der Waals surface area contributed by atoms with Crippen LogP contribution in [0.2, 0.25) is 0 Å². The standard InChI is InChI=1S/C32H50/c1-5-9-11-13-15-17-19-21-25-31-27-30(24-8-4)32(28-29(31)23-7-3)26-22-20-18-16-14-12-10-6-2/h27-28H,5-6,9-22,25-26H2,1-4H3. The molecule has 0 unspecified atom stereocenters. The summed E-state index contributed by atoms with van der Waals surface area (Å²) in [5.74, 6) is 13.1. The Kier molecular flexibility index (Phi) is 17.7. The molecule has 0 spiro atoms. The molecule has 0 nitrogen and oxygen atoms in total. The second kappa shape index (κ2) is 20.0. The fraction of sp³-hybridized carbons (Fsp3) is 0.688. The first kappa shape index (κ1) is 28.4. The molecule has 0 saturated carbocycles. The van der Waals surface area contributed by atoms with Crippen LogP contribution in [0.15, 0.2) is 12.1 Å². The van der Waals surface area contributed by atoms with Crippen LogP contribution in [-0.4, -0.2) is 0 Å². The van der Waals surface area contributed by atoms with Gasteiger partial charge in [0.2, 0.25) is 0 Å². The van der Waals surface area contributed by atoms with Crippen LogP contribution in [0.25, 0.3) is 0 Å². The smallest absolute Gasteiger partial charge is 0.0280 e. The van der Waals surface area contributed by atoms with Crippen molar-refractivity contribution < 1.29 is 0 Å². The zero-order valence-electron chi connectivity index (χ0n) is 21.9.